The number of ether oxygens (including phenoxy) is 1. The van der Waals surface area contributed by atoms with Gasteiger partial charge in [0.1, 0.15) is 0 Å². The Balaban J connectivity index is 2.55. The normalized spacial score (nSPS) is 24.3. The van der Waals surface area contributed by atoms with Crippen LogP contribution < -0.4 is 0 Å². The van der Waals surface area contributed by atoms with Crippen LogP contribution in [0.5, 0.6) is 0 Å². The van der Waals surface area contributed by atoms with Crippen LogP contribution in [0, 0.1) is 0 Å². The Hall–Kier alpha value is -0.380. The number of nitrogens with zero attached hydrogens (tertiary/aromatic N) is 1. The molecule has 1 saturated heterocycles. The topological polar surface area (TPSA) is 32.7 Å². The predicted molar refractivity (Wildman–Crippen MR) is 66.3 cm³/mol. The number of aliphatic hydroxyl groups is 1. The van der Waals surface area contributed by atoms with Crippen LogP contribution in [0.4, 0.5) is 0 Å². The molecule has 0 saturated carbocycles. The summed E-state index contributed by atoms with van der Waals surface area (Å²) in [5.41, 5.74) is 0.818. The summed E-state index contributed by atoms with van der Waals surface area (Å²) in [5, 5.41) is 9.67. The smallest absolute Gasteiger partial charge is 0.177 e. The second kappa shape index (κ2) is 7.05. The van der Waals surface area contributed by atoms with Gasteiger partial charge in [0.15, 0.2) is 6.29 Å². The Kier molecular flexibility index (Phi) is 6.03. The van der Waals surface area contributed by atoms with Gasteiger partial charge in [0.05, 0.1) is 0 Å². The summed E-state index contributed by atoms with van der Waals surface area (Å²) in [6.45, 7) is 8.43. The lowest BCUT2D eigenvalue weighted by Gasteiger charge is -2.37. The van der Waals surface area contributed by atoms with E-state index in [1.807, 2.05) is 0 Å². The fraction of sp³-hybridized carbons (Fsp3) is 0.846. The van der Waals surface area contributed by atoms with Crippen LogP contribution in [0.2, 0.25) is 0 Å². The van der Waals surface area contributed by atoms with Gasteiger partial charge in [-0.2, -0.15) is 0 Å². The highest BCUT2D eigenvalue weighted by Crippen LogP contribution is 2.24. The minimum atomic E-state index is -0.813. The van der Waals surface area contributed by atoms with Gasteiger partial charge < -0.3 is 9.84 Å². The summed E-state index contributed by atoms with van der Waals surface area (Å²) in [6, 6.07) is 0.301. The van der Waals surface area contributed by atoms with Gasteiger partial charge in [-0.3, -0.25) is 4.90 Å². The Morgan fingerprint density at radius 2 is 2.31 bits per heavy atom. The van der Waals surface area contributed by atoms with Crippen molar-refractivity contribution in [1.82, 2.24) is 4.90 Å². The van der Waals surface area contributed by atoms with E-state index in [1.54, 1.807) is 0 Å². The molecule has 0 aromatic carbocycles. The lowest BCUT2D eigenvalue weighted by molar-refractivity contribution is -0.0555. The molecule has 2 unspecified atom stereocenters. The number of hydrogen-bond donors (Lipinski definition) is 1. The Bertz CT molecular complexity index is 218. The molecule has 2 atom stereocenters. The zero-order chi connectivity index (χ0) is 12.0. The van der Waals surface area contributed by atoms with Crippen molar-refractivity contribution in [2.75, 3.05) is 20.2 Å². The molecular weight excluding hydrogens is 202 g/mol. The lowest BCUT2D eigenvalue weighted by Crippen LogP contribution is -2.43. The summed E-state index contributed by atoms with van der Waals surface area (Å²) in [4.78, 5) is 2.44. The molecule has 1 aliphatic heterocycles. The molecule has 1 aliphatic rings. The van der Waals surface area contributed by atoms with E-state index in [0.717, 1.165) is 25.1 Å². The summed E-state index contributed by atoms with van der Waals surface area (Å²) in [7, 11) is 1.52. The van der Waals surface area contributed by atoms with Gasteiger partial charge in [-0.15, -0.1) is 0 Å². The van der Waals surface area contributed by atoms with Gasteiger partial charge in [0.2, 0.25) is 0 Å². The Labute approximate surface area is 99.1 Å². The average molecular weight is 227 g/mol. The van der Waals surface area contributed by atoms with Gasteiger partial charge in [-0.05, 0) is 37.9 Å². The van der Waals surface area contributed by atoms with Crippen LogP contribution >= 0.6 is 0 Å². The highest BCUT2D eigenvalue weighted by Gasteiger charge is 2.27. The van der Waals surface area contributed by atoms with Crippen LogP contribution in [0.25, 0.3) is 0 Å². The summed E-state index contributed by atoms with van der Waals surface area (Å²) in [5.74, 6) is 0. The molecule has 0 bridgehead atoms. The van der Waals surface area contributed by atoms with E-state index in [2.05, 4.69) is 18.4 Å². The summed E-state index contributed by atoms with van der Waals surface area (Å²) < 4.78 is 4.95. The number of rotatable bonds is 6. The van der Waals surface area contributed by atoms with E-state index < -0.39 is 6.29 Å². The van der Waals surface area contributed by atoms with Crippen molar-refractivity contribution in [3.8, 4) is 0 Å². The lowest BCUT2D eigenvalue weighted by atomic mass is 9.95. The molecule has 1 N–H and O–H groups in total. The molecule has 0 amide bonds. The highest BCUT2D eigenvalue weighted by atomic mass is 16.6. The molecular formula is C13H25NO2. The number of likely N-dealkylation sites (tertiary alicyclic amines) is 1. The molecule has 1 heterocycles. The summed E-state index contributed by atoms with van der Waals surface area (Å²) >= 11 is 0. The largest absolute Gasteiger partial charge is 0.364 e. The van der Waals surface area contributed by atoms with Crippen molar-refractivity contribution < 1.29 is 9.84 Å². The first kappa shape index (κ1) is 13.7. The number of aliphatic hydroxyl groups excluding tert-OH is 1. The molecule has 1 rings (SSSR count). The first-order valence-corrected chi connectivity index (χ1v) is 6.34. The maximum Gasteiger partial charge on any atom is 0.177 e. The molecule has 94 valence electrons. The molecule has 0 aliphatic carbocycles. The van der Waals surface area contributed by atoms with Crippen LogP contribution in [0.1, 0.15) is 39.0 Å². The van der Waals surface area contributed by atoms with Crippen molar-refractivity contribution in [2.24, 2.45) is 0 Å². The minimum absolute atomic E-state index is 0.301. The van der Waals surface area contributed by atoms with Crippen LogP contribution in [-0.2, 0) is 4.74 Å². The van der Waals surface area contributed by atoms with E-state index in [9.17, 15) is 5.11 Å². The SMILES string of the molecule is C=C(C(O)OC)C1CCCCN1CCCC. The van der Waals surface area contributed by atoms with E-state index >= 15 is 0 Å². The predicted octanol–water partition coefficient (Wildman–Crippen LogP) is 2.16. The minimum Gasteiger partial charge on any atom is -0.364 e. The molecule has 3 heteroatoms. The van der Waals surface area contributed by atoms with Crippen LogP contribution in [0.3, 0.4) is 0 Å². The molecule has 1 fully saturated rings. The first-order chi connectivity index (χ1) is 7.70. The second-order valence-corrected chi connectivity index (χ2v) is 4.56. The molecule has 0 radical (unpaired) electrons. The van der Waals surface area contributed by atoms with E-state index in [-0.39, 0.29) is 0 Å². The average Bonchev–Trinajstić information content (AvgIpc) is 2.34. The third kappa shape index (κ3) is 3.58. The maximum atomic E-state index is 9.67. The number of methoxy groups -OCH3 is 1. The van der Waals surface area contributed by atoms with Gasteiger partial charge in [0, 0.05) is 13.2 Å². The van der Waals surface area contributed by atoms with Gasteiger partial charge in [-0.1, -0.05) is 26.3 Å². The second-order valence-electron chi connectivity index (χ2n) is 4.56. The van der Waals surface area contributed by atoms with Crippen molar-refractivity contribution in [1.29, 1.82) is 0 Å². The van der Waals surface area contributed by atoms with E-state index in [0.29, 0.717) is 6.04 Å². The number of hydrogen-bond acceptors (Lipinski definition) is 3. The molecule has 0 spiro atoms. The molecule has 16 heavy (non-hydrogen) atoms. The fourth-order valence-corrected chi connectivity index (χ4v) is 2.36. The van der Waals surface area contributed by atoms with Crippen LogP contribution in [0.15, 0.2) is 12.2 Å². The molecule has 3 nitrogen and oxygen atoms in total. The van der Waals surface area contributed by atoms with Crippen molar-refractivity contribution in [3.63, 3.8) is 0 Å². The third-order valence-corrected chi connectivity index (χ3v) is 3.38. The maximum absolute atomic E-state index is 9.67. The standard InChI is InChI=1S/C13H25NO2/c1-4-5-9-14-10-7-6-8-12(14)11(2)13(15)16-3/h12-13,15H,2,4-10H2,1,3H3. The quantitative estimate of drug-likeness (QED) is 0.557. The van der Waals surface area contributed by atoms with E-state index in [4.69, 9.17) is 4.74 Å². The summed E-state index contributed by atoms with van der Waals surface area (Å²) in [6.07, 6.45) is 5.20. The number of piperidine rings is 1. The highest BCUT2D eigenvalue weighted by molar-refractivity contribution is 5.10. The Morgan fingerprint density at radius 3 is 2.94 bits per heavy atom. The third-order valence-electron chi connectivity index (χ3n) is 3.38. The fourth-order valence-electron chi connectivity index (χ4n) is 2.36. The van der Waals surface area contributed by atoms with Gasteiger partial charge in [0.25, 0.3) is 0 Å². The zero-order valence-corrected chi connectivity index (χ0v) is 10.6. The van der Waals surface area contributed by atoms with Crippen LogP contribution in [-0.4, -0.2) is 42.5 Å². The van der Waals surface area contributed by atoms with Crippen molar-refractivity contribution in [2.45, 2.75) is 51.4 Å². The molecule has 0 aromatic heterocycles. The van der Waals surface area contributed by atoms with Crippen molar-refractivity contribution >= 4 is 0 Å². The number of unbranched alkanes of at least 4 members (excludes halogenated alkanes) is 1. The Morgan fingerprint density at radius 1 is 1.56 bits per heavy atom. The van der Waals surface area contributed by atoms with Gasteiger partial charge >= 0.3 is 0 Å². The zero-order valence-electron chi connectivity index (χ0n) is 10.6. The first-order valence-electron chi connectivity index (χ1n) is 6.34. The van der Waals surface area contributed by atoms with Gasteiger partial charge in [-0.25, -0.2) is 0 Å². The monoisotopic (exact) mass is 227 g/mol. The van der Waals surface area contributed by atoms with Crippen molar-refractivity contribution in [3.05, 3.63) is 12.2 Å². The molecule has 0 aromatic rings. The van der Waals surface area contributed by atoms with E-state index in [1.165, 1.54) is 32.8 Å².